The van der Waals surface area contributed by atoms with E-state index in [0.717, 1.165) is 30.9 Å². The molecule has 0 aliphatic carbocycles. The van der Waals surface area contributed by atoms with E-state index in [4.69, 9.17) is 4.74 Å². The van der Waals surface area contributed by atoms with Gasteiger partial charge in [-0.2, -0.15) is 0 Å². The van der Waals surface area contributed by atoms with Crippen molar-refractivity contribution in [2.45, 2.75) is 19.4 Å². The van der Waals surface area contributed by atoms with Gasteiger partial charge in [0.15, 0.2) is 0 Å². The van der Waals surface area contributed by atoms with Crippen molar-refractivity contribution < 1.29 is 14.3 Å². The summed E-state index contributed by atoms with van der Waals surface area (Å²) in [7, 11) is 3.61. The van der Waals surface area contributed by atoms with Gasteiger partial charge in [0.05, 0.1) is 30.6 Å². The third kappa shape index (κ3) is 4.86. The maximum atomic E-state index is 12.2. The highest BCUT2D eigenvalue weighted by Gasteiger charge is 2.21. The normalized spacial score (nSPS) is 15.3. The fourth-order valence-electron chi connectivity index (χ4n) is 2.85. The molecule has 3 amide bonds. The fraction of sp³-hybridized carbons (Fsp3) is 0.529. The number of fused-ring (bicyclic) bond motifs is 1. The highest BCUT2D eigenvalue weighted by atomic mass is 16.5. The molecular formula is C17H26N4O3. The van der Waals surface area contributed by atoms with Crippen molar-refractivity contribution in [1.29, 1.82) is 0 Å². The van der Waals surface area contributed by atoms with Crippen molar-refractivity contribution in [2.75, 3.05) is 50.2 Å². The summed E-state index contributed by atoms with van der Waals surface area (Å²) in [6, 6.07) is 7.35. The van der Waals surface area contributed by atoms with Gasteiger partial charge in [0, 0.05) is 27.2 Å². The second-order valence-corrected chi connectivity index (χ2v) is 6.06. The molecule has 0 saturated carbocycles. The Balaban J connectivity index is 1.96. The summed E-state index contributed by atoms with van der Waals surface area (Å²) in [4.78, 5) is 28.2. The molecule has 0 unspecified atom stereocenters. The molecule has 2 rings (SSSR count). The molecule has 0 spiro atoms. The van der Waals surface area contributed by atoms with Crippen LogP contribution in [0.5, 0.6) is 0 Å². The van der Waals surface area contributed by atoms with Gasteiger partial charge in [0.1, 0.15) is 0 Å². The summed E-state index contributed by atoms with van der Waals surface area (Å²) in [5.74, 6) is -0.323. The smallest absolute Gasteiger partial charge is 0.321 e. The lowest BCUT2D eigenvalue weighted by atomic mass is 10.2. The first-order valence-electron chi connectivity index (χ1n) is 8.15. The maximum Gasteiger partial charge on any atom is 0.321 e. The van der Waals surface area contributed by atoms with Gasteiger partial charge >= 0.3 is 6.03 Å². The first kappa shape index (κ1) is 18.1. The number of hydrogen-bond acceptors (Lipinski definition) is 5. The third-order valence-corrected chi connectivity index (χ3v) is 3.94. The number of methoxy groups -OCH3 is 1. The standard InChI is InChI=1S/C17H26N4O3/c1-13(12-24-3)18-17(23)19-16(22)11-21-10-6-9-20(2)14-7-4-5-8-15(14)21/h4-5,7-8,13H,6,9-12H2,1-3H3,(H2,18,19,22,23)/t13-/m1/s1. The van der Waals surface area contributed by atoms with Crippen LogP contribution < -0.4 is 20.4 Å². The highest BCUT2D eigenvalue weighted by Crippen LogP contribution is 2.30. The molecule has 7 heteroatoms. The zero-order valence-electron chi connectivity index (χ0n) is 14.5. The number of benzene rings is 1. The Morgan fingerprint density at radius 3 is 2.67 bits per heavy atom. The Labute approximate surface area is 142 Å². The number of hydrogen-bond donors (Lipinski definition) is 2. The van der Waals surface area contributed by atoms with Crippen LogP contribution in [0.2, 0.25) is 0 Å². The van der Waals surface area contributed by atoms with Gasteiger partial charge in [-0.15, -0.1) is 0 Å². The number of nitrogens with one attached hydrogen (secondary N) is 2. The van der Waals surface area contributed by atoms with Crippen LogP contribution in [0.15, 0.2) is 24.3 Å². The van der Waals surface area contributed by atoms with Crippen LogP contribution in [0.4, 0.5) is 16.2 Å². The number of ether oxygens (including phenoxy) is 1. The fourth-order valence-corrected chi connectivity index (χ4v) is 2.85. The Kier molecular flexibility index (Phi) is 6.43. The number of anilines is 2. The lowest BCUT2D eigenvalue weighted by molar-refractivity contribution is -0.118. The van der Waals surface area contributed by atoms with E-state index in [1.54, 1.807) is 7.11 Å². The lowest BCUT2D eigenvalue weighted by Crippen LogP contribution is -2.48. The maximum absolute atomic E-state index is 12.2. The third-order valence-electron chi connectivity index (χ3n) is 3.94. The van der Waals surface area contributed by atoms with Gasteiger partial charge in [-0.05, 0) is 25.5 Å². The van der Waals surface area contributed by atoms with Crippen molar-refractivity contribution in [3.63, 3.8) is 0 Å². The molecule has 0 bridgehead atoms. The number of nitrogens with zero attached hydrogens (tertiary/aromatic N) is 2. The van der Waals surface area contributed by atoms with E-state index >= 15 is 0 Å². The van der Waals surface area contributed by atoms with Crippen LogP contribution in [0.25, 0.3) is 0 Å². The monoisotopic (exact) mass is 334 g/mol. The average Bonchev–Trinajstić information content (AvgIpc) is 2.67. The predicted molar refractivity (Wildman–Crippen MR) is 94.6 cm³/mol. The minimum absolute atomic E-state index is 0.150. The number of imide groups is 1. The van der Waals surface area contributed by atoms with Gasteiger partial charge in [-0.3, -0.25) is 10.1 Å². The molecule has 1 atom stereocenters. The molecular weight excluding hydrogens is 308 g/mol. The van der Waals surface area contributed by atoms with E-state index in [0.29, 0.717) is 6.61 Å². The van der Waals surface area contributed by atoms with Crippen molar-refractivity contribution in [3.8, 4) is 0 Å². The summed E-state index contributed by atoms with van der Waals surface area (Å²) in [5, 5.41) is 5.04. The molecule has 1 aliphatic rings. The lowest BCUT2D eigenvalue weighted by Gasteiger charge is -2.25. The molecule has 1 aromatic carbocycles. The molecule has 24 heavy (non-hydrogen) atoms. The Morgan fingerprint density at radius 2 is 1.96 bits per heavy atom. The zero-order chi connectivity index (χ0) is 17.5. The topological polar surface area (TPSA) is 73.9 Å². The van der Waals surface area contributed by atoms with Gasteiger partial charge < -0.3 is 19.9 Å². The molecule has 1 aliphatic heterocycles. The van der Waals surface area contributed by atoms with E-state index in [1.165, 1.54) is 0 Å². The van der Waals surface area contributed by atoms with Crippen molar-refractivity contribution in [1.82, 2.24) is 10.6 Å². The molecule has 0 radical (unpaired) electrons. The Hall–Kier alpha value is -2.28. The quantitative estimate of drug-likeness (QED) is 0.846. The molecule has 132 valence electrons. The average molecular weight is 334 g/mol. The van der Waals surface area contributed by atoms with Crippen LogP contribution in [-0.2, 0) is 9.53 Å². The van der Waals surface area contributed by atoms with Crippen LogP contribution in [0.3, 0.4) is 0 Å². The first-order valence-corrected chi connectivity index (χ1v) is 8.15. The number of para-hydroxylation sites is 2. The second kappa shape index (κ2) is 8.54. The van der Waals surface area contributed by atoms with Crippen molar-refractivity contribution >= 4 is 23.3 Å². The van der Waals surface area contributed by atoms with Crippen LogP contribution >= 0.6 is 0 Å². The molecule has 2 N–H and O–H groups in total. The Bertz CT molecular complexity index is 579. The summed E-state index contributed by atoms with van der Waals surface area (Å²) in [6.07, 6.45) is 0.954. The van der Waals surface area contributed by atoms with E-state index in [9.17, 15) is 9.59 Å². The molecule has 0 fully saturated rings. The highest BCUT2D eigenvalue weighted by molar-refractivity contribution is 5.97. The molecule has 1 aromatic rings. The molecule has 1 heterocycles. The van der Waals surface area contributed by atoms with Gasteiger partial charge in [-0.1, -0.05) is 12.1 Å². The van der Waals surface area contributed by atoms with Crippen LogP contribution in [-0.4, -0.2) is 58.4 Å². The van der Waals surface area contributed by atoms with Crippen LogP contribution in [0, 0.1) is 0 Å². The van der Waals surface area contributed by atoms with E-state index < -0.39 is 6.03 Å². The number of carbonyl (C=O) groups excluding carboxylic acids is 2. The van der Waals surface area contributed by atoms with Crippen LogP contribution in [0.1, 0.15) is 13.3 Å². The zero-order valence-corrected chi connectivity index (χ0v) is 14.5. The van der Waals surface area contributed by atoms with Gasteiger partial charge in [0.25, 0.3) is 0 Å². The Morgan fingerprint density at radius 1 is 1.25 bits per heavy atom. The van der Waals surface area contributed by atoms with E-state index in [2.05, 4.69) is 15.5 Å². The van der Waals surface area contributed by atoms with E-state index in [-0.39, 0.29) is 18.5 Å². The first-order chi connectivity index (χ1) is 11.5. The number of amides is 3. The minimum Gasteiger partial charge on any atom is -0.383 e. The second-order valence-electron chi connectivity index (χ2n) is 6.06. The molecule has 0 aromatic heterocycles. The largest absolute Gasteiger partial charge is 0.383 e. The van der Waals surface area contributed by atoms with Crippen molar-refractivity contribution in [2.24, 2.45) is 0 Å². The SMILES string of the molecule is COC[C@@H](C)NC(=O)NC(=O)CN1CCCN(C)c2ccccc21. The van der Waals surface area contributed by atoms with E-state index in [1.807, 2.05) is 43.1 Å². The molecule has 0 saturated heterocycles. The minimum atomic E-state index is -0.496. The van der Waals surface area contributed by atoms with Gasteiger partial charge in [0.2, 0.25) is 5.91 Å². The number of carbonyl (C=O) groups is 2. The molecule has 7 nitrogen and oxygen atoms in total. The number of rotatable bonds is 5. The predicted octanol–water partition coefficient (Wildman–Crippen LogP) is 1.19. The summed E-state index contributed by atoms with van der Waals surface area (Å²) in [5.41, 5.74) is 2.11. The number of urea groups is 1. The summed E-state index contributed by atoms with van der Waals surface area (Å²) >= 11 is 0. The summed E-state index contributed by atoms with van der Waals surface area (Å²) < 4.78 is 4.95. The van der Waals surface area contributed by atoms with Gasteiger partial charge in [-0.25, -0.2) is 4.79 Å². The summed E-state index contributed by atoms with van der Waals surface area (Å²) in [6.45, 7) is 4.07. The van der Waals surface area contributed by atoms with Crippen molar-refractivity contribution in [3.05, 3.63) is 24.3 Å².